The standard InChI is InChI=1S/C34H34N8O7S/c1-34(2,23-14-8-5-9-15-23)38-32(45)28-20-25(49-50(3,47)48)19-27(36-28)31(44)37-26(17-21-11-6-4-7-12-21)29(43)33(46)35-24-16-10-13-22(18-24)30-39-41-42-40-30/h4-16,18-20,26,29,43H,17H2,1-3H3,(H,35,46)(H,37,44)(H,38,45)(H,39,40,41,42)/t26-,29-/m0/s1. The lowest BCUT2D eigenvalue weighted by atomic mass is 9.94. The quantitative estimate of drug-likeness (QED) is 0.113. The number of amides is 3. The van der Waals surface area contributed by atoms with Gasteiger partial charge in [0.15, 0.2) is 6.10 Å². The van der Waals surface area contributed by atoms with Crippen LogP contribution in [0.4, 0.5) is 5.69 Å². The van der Waals surface area contributed by atoms with E-state index < -0.39 is 51.2 Å². The fourth-order valence-electron chi connectivity index (χ4n) is 5.01. The first-order valence-corrected chi connectivity index (χ1v) is 17.1. The molecular weight excluding hydrogens is 664 g/mol. The van der Waals surface area contributed by atoms with Crippen molar-refractivity contribution >= 4 is 33.5 Å². The predicted molar refractivity (Wildman–Crippen MR) is 182 cm³/mol. The lowest BCUT2D eigenvalue weighted by molar-refractivity contribution is -0.125. The van der Waals surface area contributed by atoms with Gasteiger partial charge in [0.25, 0.3) is 17.7 Å². The molecule has 0 aliphatic rings. The van der Waals surface area contributed by atoms with E-state index in [4.69, 9.17) is 4.18 Å². The number of aliphatic hydroxyl groups excluding tert-OH is 1. The molecule has 15 nitrogen and oxygen atoms in total. The molecule has 5 N–H and O–H groups in total. The molecule has 0 saturated heterocycles. The molecule has 5 rings (SSSR count). The van der Waals surface area contributed by atoms with Gasteiger partial charge in [0, 0.05) is 23.4 Å². The fraction of sp³-hybridized carbons (Fsp3) is 0.206. The van der Waals surface area contributed by atoms with Gasteiger partial charge in [-0.25, -0.2) is 4.98 Å². The first-order valence-electron chi connectivity index (χ1n) is 15.2. The average molecular weight is 699 g/mol. The van der Waals surface area contributed by atoms with Gasteiger partial charge in [-0.3, -0.25) is 14.4 Å². The van der Waals surface area contributed by atoms with Gasteiger partial charge >= 0.3 is 10.1 Å². The summed E-state index contributed by atoms with van der Waals surface area (Å²) in [5, 5.41) is 33.1. The smallest absolute Gasteiger partial charge is 0.306 e. The van der Waals surface area contributed by atoms with Crippen molar-refractivity contribution in [2.45, 2.75) is 38.0 Å². The van der Waals surface area contributed by atoms with E-state index in [1.54, 1.807) is 68.4 Å². The Balaban J connectivity index is 1.41. The Hall–Kier alpha value is -6.00. The van der Waals surface area contributed by atoms with Crippen LogP contribution >= 0.6 is 0 Å². The summed E-state index contributed by atoms with van der Waals surface area (Å²) >= 11 is 0. The lowest BCUT2D eigenvalue weighted by Gasteiger charge is -2.27. The van der Waals surface area contributed by atoms with E-state index in [0.29, 0.717) is 22.6 Å². The van der Waals surface area contributed by atoms with Crippen molar-refractivity contribution in [2.75, 3.05) is 11.6 Å². The highest BCUT2D eigenvalue weighted by atomic mass is 32.2. The fourth-order valence-corrected chi connectivity index (χ4v) is 5.45. The summed E-state index contributed by atoms with van der Waals surface area (Å²) in [7, 11) is -4.07. The van der Waals surface area contributed by atoms with Gasteiger partial charge in [-0.15, -0.1) is 10.2 Å². The molecule has 0 unspecified atom stereocenters. The van der Waals surface area contributed by atoms with Crippen molar-refractivity contribution in [3.8, 4) is 17.1 Å². The lowest BCUT2D eigenvalue weighted by Crippen LogP contribution is -2.50. The third kappa shape index (κ3) is 9.33. The maximum atomic E-state index is 13.7. The number of carbonyl (C=O) groups is 3. The van der Waals surface area contributed by atoms with E-state index in [-0.39, 0.29) is 17.9 Å². The van der Waals surface area contributed by atoms with Gasteiger partial charge in [0.05, 0.1) is 17.8 Å². The molecule has 0 aliphatic heterocycles. The number of nitrogens with zero attached hydrogens (tertiary/aromatic N) is 4. The minimum absolute atomic E-state index is 0.0161. The Morgan fingerprint density at radius 1 is 0.900 bits per heavy atom. The van der Waals surface area contributed by atoms with E-state index >= 15 is 0 Å². The Labute approximate surface area is 287 Å². The highest BCUT2D eigenvalue weighted by Gasteiger charge is 2.30. The number of nitrogens with one attached hydrogen (secondary N) is 4. The Kier molecular flexibility index (Phi) is 10.6. The molecule has 0 saturated carbocycles. The van der Waals surface area contributed by atoms with Gasteiger partial charge < -0.3 is 25.2 Å². The first kappa shape index (κ1) is 35.3. The van der Waals surface area contributed by atoms with Crippen molar-refractivity contribution in [1.82, 2.24) is 36.2 Å². The number of hydrogen-bond acceptors (Lipinski definition) is 11. The molecule has 258 valence electrons. The molecule has 0 fully saturated rings. The number of rotatable bonds is 13. The van der Waals surface area contributed by atoms with E-state index in [0.717, 1.165) is 24.0 Å². The number of aromatic nitrogens is 5. The van der Waals surface area contributed by atoms with Crippen LogP contribution in [0.3, 0.4) is 0 Å². The molecule has 5 aromatic rings. The van der Waals surface area contributed by atoms with Crippen molar-refractivity contribution in [2.24, 2.45) is 0 Å². The number of aromatic amines is 1. The minimum Gasteiger partial charge on any atom is -0.382 e. The molecule has 0 spiro atoms. The van der Waals surface area contributed by atoms with Crippen LogP contribution in [0.25, 0.3) is 11.4 Å². The third-order valence-electron chi connectivity index (χ3n) is 7.43. The molecule has 3 amide bonds. The van der Waals surface area contributed by atoms with E-state index in [1.807, 2.05) is 30.3 Å². The third-order valence-corrected chi connectivity index (χ3v) is 7.93. The highest BCUT2D eigenvalue weighted by Crippen LogP contribution is 2.23. The zero-order chi connectivity index (χ0) is 35.9. The molecule has 3 aromatic carbocycles. The van der Waals surface area contributed by atoms with Crippen LogP contribution in [0.2, 0.25) is 0 Å². The number of hydrogen-bond donors (Lipinski definition) is 5. The predicted octanol–water partition coefficient (Wildman–Crippen LogP) is 2.61. The van der Waals surface area contributed by atoms with Gasteiger partial charge in [0.2, 0.25) is 5.82 Å². The Morgan fingerprint density at radius 3 is 2.20 bits per heavy atom. The maximum absolute atomic E-state index is 13.7. The summed E-state index contributed by atoms with van der Waals surface area (Å²) in [6.07, 6.45) is -0.950. The number of H-pyrrole nitrogens is 1. The number of benzene rings is 3. The molecule has 2 aromatic heterocycles. The minimum atomic E-state index is -4.07. The molecule has 2 heterocycles. The van der Waals surface area contributed by atoms with E-state index in [9.17, 15) is 27.9 Å². The van der Waals surface area contributed by atoms with Crippen LogP contribution in [-0.4, -0.2) is 75.3 Å². The summed E-state index contributed by atoms with van der Waals surface area (Å²) in [4.78, 5) is 44.7. The second kappa shape index (κ2) is 15.0. The van der Waals surface area contributed by atoms with Gasteiger partial charge in [-0.05, 0) is 48.7 Å². The summed E-state index contributed by atoms with van der Waals surface area (Å²) in [5.74, 6) is -2.50. The zero-order valence-electron chi connectivity index (χ0n) is 27.2. The summed E-state index contributed by atoms with van der Waals surface area (Å²) in [6.45, 7) is 3.54. The van der Waals surface area contributed by atoms with Crippen molar-refractivity contribution in [3.63, 3.8) is 0 Å². The van der Waals surface area contributed by atoms with Crippen LogP contribution in [0.1, 0.15) is 46.0 Å². The van der Waals surface area contributed by atoms with Crippen LogP contribution < -0.4 is 20.1 Å². The number of carbonyl (C=O) groups excluding carboxylic acids is 3. The topological polar surface area (TPSA) is 218 Å². The summed E-state index contributed by atoms with van der Waals surface area (Å²) in [6, 6.07) is 25.4. The van der Waals surface area contributed by atoms with Crippen molar-refractivity contribution in [3.05, 3.63) is 120 Å². The monoisotopic (exact) mass is 698 g/mol. The SMILES string of the molecule is CC(C)(NC(=O)c1cc(OS(C)(=O)=O)cc(C(=O)N[C@@H](Cc2ccccc2)[C@H](O)C(=O)Nc2cccc(-c3nn[nH]n3)c2)n1)c1ccccc1. The van der Waals surface area contributed by atoms with E-state index in [2.05, 4.69) is 41.6 Å². The second-order valence-electron chi connectivity index (χ2n) is 11.8. The number of pyridine rings is 1. The molecule has 2 atom stereocenters. The highest BCUT2D eigenvalue weighted by molar-refractivity contribution is 7.86. The molecule has 0 radical (unpaired) electrons. The van der Waals surface area contributed by atoms with Gasteiger partial charge in [-0.2, -0.15) is 13.6 Å². The summed E-state index contributed by atoms with van der Waals surface area (Å²) < 4.78 is 29.1. The van der Waals surface area contributed by atoms with Crippen LogP contribution in [0.15, 0.2) is 97.1 Å². The normalized spacial score (nSPS) is 12.7. The second-order valence-corrected chi connectivity index (χ2v) is 13.4. The van der Waals surface area contributed by atoms with Gasteiger partial charge in [0.1, 0.15) is 17.1 Å². The van der Waals surface area contributed by atoms with E-state index in [1.165, 1.54) is 0 Å². The molecule has 16 heteroatoms. The van der Waals surface area contributed by atoms with Crippen LogP contribution in [-0.2, 0) is 26.9 Å². The van der Waals surface area contributed by atoms with Crippen LogP contribution in [0.5, 0.6) is 5.75 Å². The molecular formula is C34H34N8O7S. The van der Waals surface area contributed by atoms with Crippen LogP contribution in [0, 0.1) is 0 Å². The molecule has 0 bridgehead atoms. The van der Waals surface area contributed by atoms with Gasteiger partial charge in [-0.1, -0.05) is 72.8 Å². The van der Waals surface area contributed by atoms with Crippen molar-refractivity contribution in [1.29, 1.82) is 0 Å². The largest absolute Gasteiger partial charge is 0.382 e. The Bertz CT molecular complexity index is 2080. The number of tetrazole rings is 1. The maximum Gasteiger partial charge on any atom is 0.306 e. The molecule has 50 heavy (non-hydrogen) atoms. The number of anilines is 1. The zero-order valence-corrected chi connectivity index (χ0v) is 28.0. The Morgan fingerprint density at radius 2 is 1.56 bits per heavy atom. The first-order chi connectivity index (χ1) is 23.8. The number of aliphatic hydroxyl groups is 1. The average Bonchev–Trinajstić information content (AvgIpc) is 3.63. The van der Waals surface area contributed by atoms with Crippen molar-refractivity contribution < 1.29 is 32.1 Å². The summed E-state index contributed by atoms with van der Waals surface area (Å²) in [5.41, 5.74) is 0.768. The molecule has 0 aliphatic carbocycles.